The lowest BCUT2D eigenvalue weighted by molar-refractivity contribution is 0.0756. The van der Waals surface area contributed by atoms with Gasteiger partial charge in [-0.2, -0.15) is 0 Å². The number of benzene rings is 1. The number of thiazole rings is 1. The molecule has 0 N–H and O–H groups in total. The van der Waals surface area contributed by atoms with Crippen molar-refractivity contribution in [2.75, 3.05) is 6.54 Å². The Labute approximate surface area is 141 Å². The van der Waals surface area contributed by atoms with Gasteiger partial charge in [0, 0.05) is 19.5 Å². The predicted molar refractivity (Wildman–Crippen MR) is 92.2 cm³/mol. The predicted octanol–water partition coefficient (Wildman–Crippen LogP) is 4.45. The monoisotopic (exact) mass is 334 g/mol. The molecule has 1 aromatic heterocycles. The zero-order valence-corrected chi connectivity index (χ0v) is 14.9. The summed E-state index contributed by atoms with van der Waals surface area (Å²) < 4.78 is 13.3. The number of carbonyl (C=O) groups excluding carboxylic acids is 1. The van der Waals surface area contributed by atoms with Crippen molar-refractivity contribution in [2.24, 2.45) is 5.92 Å². The van der Waals surface area contributed by atoms with Crippen LogP contribution in [0.4, 0.5) is 4.39 Å². The first kappa shape index (κ1) is 17.6. The van der Waals surface area contributed by atoms with Crippen LogP contribution in [0.15, 0.2) is 24.3 Å². The van der Waals surface area contributed by atoms with E-state index in [-0.39, 0.29) is 11.7 Å². The van der Waals surface area contributed by atoms with Crippen molar-refractivity contribution in [3.8, 4) is 0 Å². The molecule has 0 atom stereocenters. The summed E-state index contributed by atoms with van der Waals surface area (Å²) in [5.74, 6) is 0.207. The fourth-order valence-corrected chi connectivity index (χ4v) is 3.66. The second-order valence-corrected chi connectivity index (χ2v) is 7.15. The number of hydrogen-bond acceptors (Lipinski definition) is 3. The molecule has 1 heterocycles. The molecule has 0 aliphatic heterocycles. The second-order valence-electron chi connectivity index (χ2n) is 6.07. The Morgan fingerprint density at radius 2 is 2.13 bits per heavy atom. The molecule has 124 valence electrons. The molecular weight excluding hydrogens is 311 g/mol. The minimum atomic E-state index is -0.279. The summed E-state index contributed by atoms with van der Waals surface area (Å²) in [6.45, 7) is 9.07. The van der Waals surface area contributed by atoms with Crippen molar-refractivity contribution in [3.63, 3.8) is 0 Å². The molecule has 0 spiro atoms. The quantitative estimate of drug-likeness (QED) is 0.782. The SMILES string of the molecule is CCN(Cc1cccc(F)c1)C(=O)c1sc(CC(C)C)nc1C. The summed E-state index contributed by atoms with van der Waals surface area (Å²) in [6, 6.07) is 6.39. The molecule has 23 heavy (non-hydrogen) atoms. The molecule has 0 fully saturated rings. The Hall–Kier alpha value is -1.75. The van der Waals surface area contributed by atoms with E-state index in [0.29, 0.717) is 23.9 Å². The summed E-state index contributed by atoms with van der Waals surface area (Å²) >= 11 is 1.48. The standard InChI is InChI=1S/C18H23FN2OS/c1-5-21(11-14-7-6-8-15(19)10-14)18(22)17-13(4)20-16(23-17)9-12(2)3/h6-8,10,12H,5,9,11H2,1-4H3. The molecule has 1 amide bonds. The molecule has 0 aliphatic rings. The van der Waals surface area contributed by atoms with Gasteiger partial charge in [-0.05, 0) is 37.5 Å². The van der Waals surface area contributed by atoms with Crippen molar-refractivity contribution in [1.29, 1.82) is 0 Å². The number of aryl methyl sites for hydroxylation is 1. The summed E-state index contributed by atoms with van der Waals surface area (Å²) in [6.07, 6.45) is 0.884. The summed E-state index contributed by atoms with van der Waals surface area (Å²) in [4.78, 5) is 19.7. The number of carbonyl (C=O) groups is 1. The Morgan fingerprint density at radius 3 is 2.74 bits per heavy atom. The molecular formula is C18H23FN2OS. The molecule has 0 bridgehead atoms. The number of hydrogen-bond donors (Lipinski definition) is 0. The minimum Gasteiger partial charge on any atom is -0.334 e. The first-order chi connectivity index (χ1) is 10.9. The van der Waals surface area contributed by atoms with Gasteiger partial charge in [-0.25, -0.2) is 9.37 Å². The number of nitrogens with zero attached hydrogens (tertiary/aromatic N) is 2. The number of halogens is 1. The lowest BCUT2D eigenvalue weighted by atomic mass is 10.1. The van der Waals surface area contributed by atoms with E-state index >= 15 is 0 Å². The van der Waals surface area contributed by atoms with Crippen molar-refractivity contribution in [3.05, 3.63) is 51.2 Å². The van der Waals surface area contributed by atoms with Gasteiger partial charge in [0.2, 0.25) is 0 Å². The second kappa shape index (κ2) is 7.68. The molecule has 0 aliphatic carbocycles. The van der Waals surface area contributed by atoms with Crippen LogP contribution in [0.1, 0.15) is 46.7 Å². The molecule has 0 saturated heterocycles. The maximum absolute atomic E-state index is 13.3. The molecule has 5 heteroatoms. The lowest BCUT2D eigenvalue weighted by Crippen LogP contribution is -2.30. The van der Waals surface area contributed by atoms with Crippen LogP contribution in [0.25, 0.3) is 0 Å². The Morgan fingerprint density at radius 1 is 1.39 bits per heavy atom. The van der Waals surface area contributed by atoms with E-state index in [1.54, 1.807) is 11.0 Å². The topological polar surface area (TPSA) is 33.2 Å². The maximum Gasteiger partial charge on any atom is 0.266 e. The van der Waals surface area contributed by atoms with Crippen molar-refractivity contribution < 1.29 is 9.18 Å². The summed E-state index contributed by atoms with van der Waals surface area (Å²) in [5.41, 5.74) is 1.58. The molecule has 0 radical (unpaired) electrons. The highest BCUT2D eigenvalue weighted by atomic mass is 32.1. The van der Waals surface area contributed by atoms with Gasteiger partial charge < -0.3 is 4.90 Å². The third kappa shape index (κ3) is 4.61. The first-order valence-electron chi connectivity index (χ1n) is 7.90. The van der Waals surface area contributed by atoms with Crippen molar-refractivity contribution in [2.45, 2.75) is 40.7 Å². The zero-order chi connectivity index (χ0) is 17.0. The average molecular weight is 334 g/mol. The summed E-state index contributed by atoms with van der Waals surface area (Å²) in [5, 5.41) is 1.00. The van der Waals surface area contributed by atoms with E-state index in [9.17, 15) is 9.18 Å². The van der Waals surface area contributed by atoms with Crippen LogP contribution in [0.3, 0.4) is 0 Å². The Bertz CT molecular complexity index is 681. The Kier molecular flexibility index (Phi) is 5.88. The highest BCUT2D eigenvalue weighted by molar-refractivity contribution is 7.13. The van der Waals surface area contributed by atoms with Gasteiger partial charge in [-0.1, -0.05) is 26.0 Å². The van der Waals surface area contributed by atoms with Crippen LogP contribution in [0.5, 0.6) is 0 Å². The van der Waals surface area contributed by atoms with Crippen LogP contribution < -0.4 is 0 Å². The number of amides is 1. The van der Waals surface area contributed by atoms with E-state index in [1.165, 1.54) is 23.5 Å². The molecule has 0 saturated carbocycles. The number of aromatic nitrogens is 1. The highest BCUT2D eigenvalue weighted by Gasteiger charge is 2.21. The zero-order valence-electron chi connectivity index (χ0n) is 14.1. The van der Waals surface area contributed by atoms with Gasteiger partial charge in [0.05, 0.1) is 10.7 Å². The van der Waals surface area contributed by atoms with E-state index < -0.39 is 0 Å². The Balaban J connectivity index is 2.18. The van der Waals surface area contributed by atoms with E-state index in [4.69, 9.17) is 0 Å². The van der Waals surface area contributed by atoms with Crippen LogP contribution in [-0.2, 0) is 13.0 Å². The highest BCUT2D eigenvalue weighted by Crippen LogP contribution is 2.23. The first-order valence-corrected chi connectivity index (χ1v) is 8.72. The third-order valence-corrected chi connectivity index (χ3v) is 4.72. The van der Waals surface area contributed by atoms with Crippen molar-refractivity contribution in [1.82, 2.24) is 9.88 Å². The summed E-state index contributed by atoms with van der Waals surface area (Å²) in [7, 11) is 0. The molecule has 2 aromatic rings. The fraction of sp³-hybridized carbons (Fsp3) is 0.444. The van der Waals surface area contributed by atoms with Crippen LogP contribution >= 0.6 is 11.3 Å². The van der Waals surface area contributed by atoms with Crippen LogP contribution in [0.2, 0.25) is 0 Å². The van der Waals surface area contributed by atoms with Gasteiger partial charge in [0.15, 0.2) is 0 Å². The van der Waals surface area contributed by atoms with Gasteiger partial charge in [-0.15, -0.1) is 11.3 Å². The molecule has 1 aromatic carbocycles. The molecule has 2 rings (SSSR count). The maximum atomic E-state index is 13.3. The van der Waals surface area contributed by atoms with E-state index in [1.807, 2.05) is 19.9 Å². The minimum absolute atomic E-state index is 0.0261. The number of rotatable bonds is 6. The van der Waals surface area contributed by atoms with E-state index in [0.717, 1.165) is 22.7 Å². The van der Waals surface area contributed by atoms with Crippen LogP contribution in [-0.4, -0.2) is 22.3 Å². The third-order valence-electron chi connectivity index (χ3n) is 3.55. The van der Waals surface area contributed by atoms with Gasteiger partial charge in [-0.3, -0.25) is 4.79 Å². The lowest BCUT2D eigenvalue weighted by Gasteiger charge is -2.20. The molecule has 0 unspecified atom stereocenters. The van der Waals surface area contributed by atoms with Gasteiger partial charge >= 0.3 is 0 Å². The van der Waals surface area contributed by atoms with Crippen LogP contribution in [0, 0.1) is 18.7 Å². The average Bonchev–Trinajstić information content (AvgIpc) is 2.84. The van der Waals surface area contributed by atoms with Gasteiger partial charge in [0.25, 0.3) is 5.91 Å². The normalized spacial score (nSPS) is 11.0. The van der Waals surface area contributed by atoms with Gasteiger partial charge in [0.1, 0.15) is 10.7 Å². The van der Waals surface area contributed by atoms with E-state index in [2.05, 4.69) is 18.8 Å². The largest absolute Gasteiger partial charge is 0.334 e. The smallest absolute Gasteiger partial charge is 0.266 e. The molecule has 3 nitrogen and oxygen atoms in total. The fourth-order valence-electron chi connectivity index (χ4n) is 2.41. The van der Waals surface area contributed by atoms with Crippen molar-refractivity contribution >= 4 is 17.2 Å².